The van der Waals surface area contributed by atoms with Crippen LogP contribution < -0.4 is 4.90 Å². The van der Waals surface area contributed by atoms with Gasteiger partial charge in [0.05, 0.1) is 5.92 Å². The quantitative estimate of drug-likeness (QED) is 0.846. The molecule has 2 unspecified atom stereocenters. The highest BCUT2D eigenvalue weighted by Crippen LogP contribution is 2.33. The van der Waals surface area contributed by atoms with Crippen molar-refractivity contribution in [2.45, 2.75) is 13.3 Å². The number of ketones is 1. The minimum absolute atomic E-state index is 0.0600. The fraction of sp³-hybridized carbons (Fsp3) is 0.333. The van der Waals surface area contributed by atoms with E-state index in [9.17, 15) is 9.59 Å². The van der Waals surface area contributed by atoms with Gasteiger partial charge in [-0.25, -0.2) is 0 Å². The van der Waals surface area contributed by atoms with Crippen LogP contribution in [0.25, 0.3) is 0 Å². The van der Waals surface area contributed by atoms with E-state index in [1.807, 2.05) is 42.3 Å². The van der Waals surface area contributed by atoms with Crippen LogP contribution in [0.2, 0.25) is 0 Å². The SMILES string of the molecule is CC1C(=O)C(=CN(C)c2ccccc2)CC1C(=O)O. The number of carboxylic acids is 1. The first-order chi connectivity index (χ1) is 9.00. The van der Waals surface area contributed by atoms with Gasteiger partial charge in [0.25, 0.3) is 0 Å². The maximum absolute atomic E-state index is 12.0. The van der Waals surface area contributed by atoms with Crippen LogP contribution in [0.15, 0.2) is 42.1 Å². The lowest BCUT2D eigenvalue weighted by Gasteiger charge is -2.15. The molecule has 2 rings (SSSR count). The van der Waals surface area contributed by atoms with Crippen LogP contribution in [0.3, 0.4) is 0 Å². The molecule has 100 valence electrons. The largest absolute Gasteiger partial charge is 0.481 e. The van der Waals surface area contributed by atoms with E-state index in [1.165, 1.54) is 0 Å². The molecule has 1 N–H and O–H groups in total. The second-order valence-electron chi connectivity index (χ2n) is 4.90. The van der Waals surface area contributed by atoms with E-state index in [4.69, 9.17) is 5.11 Å². The lowest BCUT2D eigenvalue weighted by atomic mass is 9.98. The molecule has 0 heterocycles. The monoisotopic (exact) mass is 259 g/mol. The Labute approximate surface area is 112 Å². The van der Waals surface area contributed by atoms with Crippen LogP contribution in [-0.4, -0.2) is 23.9 Å². The molecule has 1 aromatic rings. The van der Waals surface area contributed by atoms with Crippen LogP contribution in [0.1, 0.15) is 13.3 Å². The first-order valence-corrected chi connectivity index (χ1v) is 6.26. The van der Waals surface area contributed by atoms with Gasteiger partial charge in [-0.2, -0.15) is 0 Å². The second-order valence-corrected chi connectivity index (χ2v) is 4.90. The van der Waals surface area contributed by atoms with E-state index in [-0.39, 0.29) is 5.78 Å². The number of Topliss-reactive ketones (excluding diaryl/α,β-unsaturated/α-hetero) is 1. The molecule has 1 aromatic carbocycles. The van der Waals surface area contributed by atoms with Crippen molar-refractivity contribution in [1.29, 1.82) is 0 Å². The number of benzene rings is 1. The van der Waals surface area contributed by atoms with Gasteiger partial charge in [-0.05, 0) is 18.6 Å². The average Bonchev–Trinajstić information content (AvgIpc) is 2.68. The van der Waals surface area contributed by atoms with Gasteiger partial charge in [0.2, 0.25) is 0 Å². The molecule has 2 atom stereocenters. The molecule has 19 heavy (non-hydrogen) atoms. The van der Waals surface area contributed by atoms with E-state index in [0.29, 0.717) is 12.0 Å². The summed E-state index contributed by atoms with van der Waals surface area (Å²) < 4.78 is 0. The van der Waals surface area contributed by atoms with Gasteiger partial charge in [-0.1, -0.05) is 25.1 Å². The zero-order valence-electron chi connectivity index (χ0n) is 11.0. The predicted octanol–water partition coefficient (Wildman–Crippen LogP) is 2.32. The van der Waals surface area contributed by atoms with Crippen LogP contribution in [0.5, 0.6) is 0 Å². The van der Waals surface area contributed by atoms with Gasteiger partial charge in [0.15, 0.2) is 5.78 Å². The molecular weight excluding hydrogens is 242 g/mol. The summed E-state index contributed by atoms with van der Waals surface area (Å²) in [5.74, 6) is -1.99. The van der Waals surface area contributed by atoms with E-state index in [0.717, 1.165) is 5.69 Å². The molecule has 0 amide bonds. The summed E-state index contributed by atoms with van der Waals surface area (Å²) in [6, 6.07) is 9.64. The zero-order chi connectivity index (χ0) is 14.0. The standard InChI is InChI=1S/C15H17NO3/c1-10-13(15(18)19)8-11(14(10)17)9-16(2)12-6-4-3-5-7-12/h3-7,9-10,13H,8H2,1-2H3,(H,18,19). The van der Waals surface area contributed by atoms with Gasteiger partial charge >= 0.3 is 5.97 Å². The normalized spacial score (nSPS) is 24.7. The highest BCUT2D eigenvalue weighted by atomic mass is 16.4. The zero-order valence-corrected chi connectivity index (χ0v) is 11.0. The number of aliphatic carboxylic acids is 1. The number of hydrogen-bond acceptors (Lipinski definition) is 3. The molecule has 0 radical (unpaired) electrons. The third kappa shape index (κ3) is 2.67. The summed E-state index contributed by atoms with van der Waals surface area (Å²) >= 11 is 0. The summed E-state index contributed by atoms with van der Waals surface area (Å²) in [7, 11) is 1.86. The molecule has 1 fully saturated rings. The number of anilines is 1. The molecular formula is C15H17NO3. The highest BCUT2D eigenvalue weighted by molar-refractivity contribution is 6.03. The van der Waals surface area contributed by atoms with E-state index < -0.39 is 17.8 Å². The summed E-state index contributed by atoms with van der Waals surface area (Å²) in [6.07, 6.45) is 2.06. The number of rotatable bonds is 3. The summed E-state index contributed by atoms with van der Waals surface area (Å²) in [6.45, 7) is 1.68. The van der Waals surface area contributed by atoms with Crippen LogP contribution in [0.4, 0.5) is 5.69 Å². The average molecular weight is 259 g/mol. The number of para-hydroxylation sites is 1. The Hall–Kier alpha value is -2.10. The van der Waals surface area contributed by atoms with Gasteiger partial charge in [0.1, 0.15) is 0 Å². The van der Waals surface area contributed by atoms with Gasteiger partial charge < -0.3 is 10.0 Å². The molecule has 1 saturated carbocycles. The van der Waals surface area contributed by atoms with E-state index in [1.54, 1.807) is 13.1 Å². The molecule has 1 aliphatic carbocycles. The molecule has 1 aliphatic rings. The van der Waals surface area contributed by atoms with Crippen molar-refractivity contribution in [3.8, 4) is 0 Å². The van der Waals surface area contributed by atoms with Crippen molar-refractivity contribution < 1.29 is 14.7 Å². The first kappa shape index (κ1) is 13.3. The number of nitrogens with zero attached hydrogens (tertiary/aromatic N) is 1. The fourth-order valence-corrected chi connectivity index (χ4v) is 2.38. The van der Waals surface area contributed by atoms with Crippen molar-refractivity contribution in [3.63, 3.8) is 0 Å². The predicted molar refractivity (Wildman–Crippen MR) is 72.8 cm³/mol. The van der Waals surface area contributed by atoms with Crippen molar-refractivity contribution in [1.82, 2.24) is 0 Å². The molecule has 0 spiro atoms. The van der Waals surface area contributed by atoms with Crippen molar-refractivity contribution >= 4 is 17.4 Å². The fourth-order valence-electron chi connectivity index (χ4n) is 2.38. The lowest BCUT2D eigenvalue weighted by Crippen LogP contribution is -2.19. The number of hydrogen-bond donors (Lipinski definition) is 1. The first-order valence-electron chi connectivity index (χ1n) is 6.26. The molecule has 4 heteroatoms. The molecule has 0 bridgehead atoms. The number of allylic oxidation sites excluding steroid dienone is 1. The minimum Gasteiger partial charge on any atom is -0.481 e. The maximum atomic E-state index is 12.0. The molecule has 0 saturated heterocycles. The third-order valence-electron chi connectivity index (χ3n) is 3.60. The van der Waals surface area contributed by atoms with Crippen LogP contribution in [-0.2, 0) is 9.59 Å². The summed E-state index contributed by atoms with van der Waals surface area (Å²) in [4.78, 5) is 24.9. The Bertz CT molecular complexity index is 521. The van der Waals surface area contributed by atoms with Gasteiger partial charge in [-0.3, -0.25) is 9.59 Å². The lowest BCUT2D eigenvalue weighted by molar-refractivity contribution is -0.144. The molecule has 4 nitrogen and oxygen atoms in total. The molecule has 0 aromatic heterocycles. The molecule has 0 aliphatic heterocycles. The topological polar surface area (TPSA) is 57.6 Å². The van der Waals surface area contributed by atoms with Gasteiger partial charge in [0, 0.05) is 30.4 Å². The number of carbonyl (C=O) groups is 2. The van der Waals surface area contributed by atoms with Crippen molar-refractivity contribution in [2.75, 3.05) is 11.9 Å². The Balaban J connectivity index is 2.21. The maximum Gasteiger partial charge on any atom is 0.307 e. The van der Waals surface area contributed by atoms with Crippen molar-refractivity contribution in [2.24, 2.45) is 11.8 Å². The van der Waals surface area contributed by atoms with Crippen molar-refractivity contribution in [3.05, 3.63) is 42.1 Å². The van der Waals surface area contributed by atoms with E-state index >= 15 is 0 Å². The third-order valence-corrected chi connectivity index (χ3v) is 3.60. The summed E-state index contributed by atoms with van der Waals surface area (Å²) in [5, 5.41) is 9.08. The van der Waals surface area contributed by atoms with Gasteiger partial charge in [-0.15, -0.1) is 0 Å². The Morgan fingerprint density at radius 1 is 1.37 bits per heavy atom. The van der Waals surface area contributed by atoms with Crippen LogP contribution >= 0.6 is 0 Å². The second kappa shape index (κ2) is 5.26. The summed E-state index contributed by atoms with van der Waals surface area (Å²) in [5.41, 5.74) is 1.56. The Kier molecular flexibility index (Phi) is 3.69. The Morgan fingerprint density at radius 3 is 2.53 bits per heavy atom. The highest BCUT2D eigenvalue weighted by Gasteiger charge is 2.39. The van der Waals surface area contributed by atoms with Crippen LogP contribution in [0, 0.1) is 11.8 Å². The number of carboxylic acid groups (broad SMARTS) is 1. The smallest absolute Gasteiger partial charge is 0.307 e. The Morgan fingerprint density at radius 2 is 2.00 bits per heavy atom. The number of carbonyl (C=O) groups excluding carboxylic acids is 1. The van der Waals surface area contributed by atoms with E-state index in [2.05, 4.69) is 0 Å². The minimum atomic E-state index is -0.897.